The van der Waals surface area contributed by atoms with Gasteiger partial charge in [-0.15, -0.1) is 11.3 Å². The van der Waals surface area contributed by atoms with Crippen molar-refractivity contribution >= 4 is 53.1 Å². The highest BCUT2D eigenvalue weighted by molar-refractivity contribution is 7.20. The molecule has 0 aliphatic heterocycles. The number of hydrogen-bond donors (Lipinski definition) is 3. The van der Waals surface area contributed by atoms with Crippen molar-refractivity contribution in [2.75, 3.05) is 23.8 Å². The Balaban J connectivity index is 1.64. The Hall–Kier alpha value is -2.88. The van der Waals surface area contributed by atoms with E-state index in [4.69, 9.17) is 14.3 Å². The lowest BCUT2D eigenvalue weighted by molar-refractivity contribution is 0.103. The van der Waals surface area contributed by atoms with Crippen molar-refractivity contribution in [2.24, 2.45) is 0 Å². The smallest absolute Gasteiger partial charge is 0.409 e. The van der Waals surface area contributed by atoms with Crippen LogP contribution in [0.15, 0.2) is 48.5 Å². The Morgan fingerprint density at radius 3 is 2.30 bits per heavy atom. The van der Waals surface area contributed by atoms with Crippen LogP contribution in [0.1, 0.15) is 30.4 Å². The van der Waals surface area contributed by atoms with Gasteiger partial charge in [0.05, 0.1) is 22.9 Å². The number of nitrogens with one attached hydrogen (secondary N) is 2. The van der Waals surface area contributed by atoms with Crippen molar-refractivity contribution < 1.29 is 23.9 Å². The standard InChI is InChI=1S/C24H30N2O5SSi/c1-24(2,3)33(4,5)31-13-12-30-17-10-11-20-16(14-17)15-21(32-20)22(27)25-18-8-6-7-9-19(18)26-23(28)29/h6-11,14-15,26H,12-13H2,1-5H3,(H,25,27)(H,28,29). The third-order valence-corrected chi connectivity index (χ3v) is 11.4. The zero-order valence-electron chi connectivity index (χ0n) is 19.5. The van der Waals surface area contributed by atoms with Gasteiger partial charge in [0.25, 0.3) is 5.91 Å². The largest absolute Gasteiger partial charge is 0.491 e. The molecular weight excluding hydrogens is 456 g/mol. The summed E-state index contributed by atoms with van der Waals surface area (Å²) < 4.78 is 13.0. The van der Waals surface area contributed by atoms with Crippen LogP contribution in [0.5, 0.6) is 5.75 Å². The van der Waals surface area contributed by atoms with E-state index >= 15 is 0 Å². The molecule has 3 N–H and O–H groups in total. The van der Waals surface area contributed by atoms with Crippen molar-refractivity contribution in [1.82, 2.24) is 0 Å². The predicted molar refractivity (Wildman–Crippen MR) is 137 cm³/mol. The fraction of sp³-hybridized carbons (Fsp3) is 0.333. The van der Waals surface area contributed by atoms with Crippen LogP contribution in [0, 0.1) is 0 Å². The van der Waals surface area contributed by atoms with E-state index in [0.29, 0.717) is 29.5 Å². The average molecular weight is 487 g/mol. The SMILES string of the molecule is CC(C)(C)[Si](C)(C)OCCOc1ccc2sc(C(=O)Nc3ccccc3NC(=O)O)cc2c1. The highest BCUT2D eigenvalue weighted by Gasteiger charge is 2.36. The molecule has 0 spiro atoms. The molecule has 0 saturated carbocycles. The number of carbonyl (C=O) groups is 2. The summed E-state index contributed by atoms with van der Waals surface area (Å²) in [5, 5.41) is 15.1. The highest BCUT2D eigenvalue weighted by Crippen LogP contribution is 2.36. The Morgan fingerprint density at radius 1 is 1.00 bits per heavy atom. The molecule has 2 aromatic carbocycles. The quantitative estimate of drug-likeness (QED) is 0.245. The van der Waals surface area contributed by atoms with Crippen LogP contribution in [0.4, 0.5) is 16.2 Å². The minimum absolute atomic E-state index is 0.157. The lowest BCUT2D eigenvalue weighted by Gasteiger charge is -2.36. The normalized spacial score (nSPS) is 11.9. The second kappa shape index (κ2) is 9.94. The number of carboxylic acid groups (broad SMARTS) is 1. The van der Waals surface area contributed by atoms with Gasteiger partial charge in [0, 0.05) is 4.70 Å². The van der Waals surface area contributed by atoms with Crippen LogP contribution in [-0.2, 0) is 4.43 Å². The van der Waals surface area contributed by atoms with Gasteiger partial charge in [-0.05, 0) is 59.9 Å². The van der Waals surface area contributed by atoms with Gasteiger partial charge in [-0.3, -0.25) is 10.1 Å². The monoisotopic (exact) mass is 486 g/mol. The summed E-state index contributed by atoms with van der Waals surface area (Å²) >= 11 is 1.36. The van der Waals surface area contributed by atoms with Crippen LogP contribution < -0.4 is 15.4 Å². The average Bonchev–Trinajstić information content (AvgIpc) is 3.15. The van der Waals surface area contributed by atoms with Gasteiger partial charge >= 0.3 is 6.09 Å². The summed E-state index contributed by atoms with van der Waals surface area (Å²) in [5.41, 5.74) is 0.711. The Bertz CT molecular complexity index is 1150. The minimum atomic E-state index is -1.80. The first-order valence-corrected chi connectivity index (χ1v) is 14.4. The number of para-hydroxylation sites is 2. The second-order valence-corrected chi connectivity index (χ2v) is 15.1. The number of benzene rings is 2. The summed E-state index contributed by atoms with van der Waals surface area (Å²) in [7, 11) is -1.80. The molecule has 0 saturated heterocycles. The van der Waals surface area contributed by atoms with E-state index in [1.807, 2.05) is 24.3 Å². The molecule has 9 heteroatoms. The molecule has 0 radical (unpaired) electrons. The number of fused-ring (bicyclic) bond motifs is 1. The molecule has 0 bridgehead atoms. The van der Waals surface area contributed by atoms with Gasteiger partial charge in [-0.2, -0.15) is 0 Å². The number of hydrogen-bond acceptors (Lipinski definition) is 5. The first kappa shape index (κ1) is 24.8. The maximum atomic E-state index is 12.8. The van der Waals surface area contributed by atoms with Crippen LogP contribution in [-0.4, -0.2) is 38.6 Å². The third kappa shape index (κ3) is 6.34. The number of thiophene rings is 1. The molecule has 2 amide bonds. The van der Waals surface area contributed by atoms with Gasteiger partial charge in [0.1, 0.15) is 12.4 Å². The summed E-state index contributed by atoms with van der Waals surface area (Å²) in [4.78, 5) is 24.3. The maximum Gasteiger partial charge on any atom is 0.409 e. The van der Waals surface area contributed by atoms with Crippen molar-refractivity contribution in [3.05, 3.63) is 53.4 Å². The van der Waals surface area contributed by atoms with Crippen LogP contribution >= 0.6 is 11.3 Å². The van der Waals surface area contributed by atoms with E-state index in [1.165, 1.54) is 11.3 Å². The topological polar surface area (TPSA) is 96.9 Å². The number of anilines is 2. The molecule has 0 aliphatic carbocycles. The van der Waals surface area contributed by atoms with Gasteiger partial charge < -0.3 is 19.6 Å². The van der Waals surface area contributed by atoms with Gasteiger partial charge in [0.2, 0.25) is 0 Å². The lowest BCUT2D eigenvalue weighted by atomic mass is 10.2. The van der Waals surface area contributed by atoms with E-state index in [9.17, 15) is 9.59 Å². The Labute approximate surface area is 198 Å². The number of ether oxygens (including phenoxy) is 1. The van der Waals surface area contributed by atoms with Crippen molar-refractivity contribution in [3.63, 3.8) is 0 Å². The zero-order valence-corrected chi connectivity index (χ0v) is 21.3. The van der Waals surface area contributed by atoms with E-state index in [-0.39, 0.29) is 10.9 Å². The predicted octanol–water partition coefficient (Wildman–Crippen LogP) is 6.64. The first-order valence-electron chi connectivity index (χ1n) is 10.7. The fourth-order valence-corrected chi connectivity index (χ4v) is 4.86. The van der Waals surface area contributed by atoms with Gasteiger partial charge in [-0.25, -0.2) is 4.79 Å². The van der Waals surface area contributed by atoms with E-state index < -0.39 is 14.4 Å². The van der Waals surface area contributed by atoms with E-state index in [2.05, 4.69) is 44.5 Å². The molecule has 33 heavy (non-hydrogen) atoms. The number of carbonyl (C=O) groups excluding carboxylic acids is 1. The number of rotatable bonds is 8. The second-order valence-electron chi connectivity index (χ2n) is 9.20. The third-order valence-electron chi connectivity index (χ3n) is 5.75. The maximum absolute atomic E-state index is 12.8. The summed E-state index contributed by atoms with van der Waals surface area (Å²) in [6, 6.07) is 14.2. The minimum Gasteiger partial charge on any atom is -0.491 e. The Morgan fingerprint density at radius 2 is 1.67 bits per heavy atom. The molecule has 0 atom stereocenters. The first-order chi connectivity index (χ1) is 15.5. The number of amides is 2. The van der Waals surface area contributed by atoms with Crippen molar-refractivity contribution in [3.8, 4) is 5.75 Å². The van der Waals surface area contributed by atoms with Crippen LogP contribution in [0.2, 0.25) is 18.1 Å². The van der Waals surface area contributed by atoms with E-state index in [0.717, 1.165) is 15.8 Å². The molecular formula is C24H30N2O5SSi. The highest BCUT2D eigenvalue weighted by atomic mass is 32.1. The van der Waals surface area contributed by atoms with E-state index in [1.54, 1.807) is 24.3 Å². The molecule has 176 valence electrons. The van der Waals surface area contributed by atoms with Crippen molar-refractivity contribution in [1.29, 1.82) is 0 Å². The van der Waals surface area contributed by atoms with Crippen molar-refractivity contribution in [2.45, 2.75) is 38.9 Å². The van der Waals surface area contributed by atoms with Crippen LogP contribution in [0.25, 0.3) is 10.1 Å². The van der Waals surface area contributed by atoms with Gasteiger partial charge in [-0.1, -0.05) is 32.9 Å². The summed E-state index contributed by atoms with van der Waals surface area (Å²) in [6.07, 6.45) is -1.19. The fourth-order valence-electron chi connectivity index (χ4n) is 2.90. The lowest BCUT2D eigenvalue weighted by Crippen LogP contribution is -2.41. The molecule has 3 rings (SSSR count). The molecule has 0 unspecified atom stereocenters. The molecule has 1 heterocycles. The Kier molecular flexibility index (Phi) is 7.46. The molecule has 7 nitrogen and oxygen atoms in total. The molecule has 0 aliphatic rings. The van der Waals surface area contributed by atoms with Gasteiger partial charge in [0.15, 0.2) is 8.32 Å². The summed E-state index contributed by atoms with van der Waals surface area (Å²) in [5.74, 6) is 0.420. The molecule has 3 aromatic rings. The molecule has 0 fully saturated rings. The van der Waals surface area contributed by atoms with Crippen LogP contribution in [0.3, 0.4) is 0 Å². The zero-order chi connectivity index (χ0) is 24.2. The summed E-state index contributed by atoms with van der Waals surface area (Å²) in [6.45, 7) is 12.1. The molecule has 1 aromatic heterocycles.